The molecule has 1 saturated carbocycles. The van der Waals surface area contributed by atoms with Crippen LogP contribution in [0.4, 0.5) is 17.1 Å². The minimum Gasteiger partial charge on any atom is -0.308 e. The molecule has 190 valence electrons. The Balaban J connectivity index is 1.44. The Morgan fingerprint density at radius 2 is 1.81 bits per heavy atom. The summed E-state index contributed by atoms with van der Waals surface area (Å²) in [5, 5.41) is 1.05. The molecule has 6 rings (SSSR count). The zero-order valence-electron chi connectivity index (χ0n) is 21.7. The normalized spacial score (nSPS) is 21.8. The predicted octanol–water partition coefficient (Wildman–Crippen LogP) is 6.99. The summed E-state index contributed by atoms with van der Waals surface area (Å²) in [7, 11) is 0. The molecule has 3 heterocycles. The van der Waals surface area contributed by atoms with E-state index in [9.17, 15) is 9.59 Å². The van der Waals surface area contributed by atoms with Crippen LogP contribution in [0.25, 0.3) is 10.9 Å². The highest BCUT2D eigenvalue weighted by Gasteiger charge is 2.31. The van der Waals surface area contributed by atoms with Crippen molar-refractivity contribution in [2.24, 2.45) is 5.92 Å². The standard InChI is InChI=1S/C32H35N3O2/c1-3-30(36)34-17-16-23-10-13-26(19-29(23)34)35-31(37)15-12-25-20-33-28-14-11-24(18-27(28)32(25)35)22-8-4-6-21(2)7-5-9-22/h3,10-11,13-14,18-22H,1,4-9,12,15-17H2,2H3. The number of carbonyl (C=O) groups excluding carboxylic acids is 2. The number of carbonyl (C=O) groups is 2. The Labute approximate surface area is 219 Å². The van der Waals surface area contributed by atoms with E-state index in [1.54, 1.807) is 4.90 Å². The molecule has 3 aliphatic rings. The van der Waals surface area contributed by atoms with Gasteiger partial charge in [0.25, 0.3) is 0 Å². The van der Waals surface area contributed by atoms with Crippen LogP contribution in [0.2, 0.25) is 0 Å². The van der Waals surface area contributed by atoms with Crippen LogP contribution in [0, 0.1) is 5.92 Å². The molecule has 0 N–H and O–H groups in total. The van der Waals surface area contributed by atoms with Crippen molar-refractivity contribution in [2.45, 2.75) is 70.6 Å². The zero-order valence-corrected chi connectivity index (χ0v) is 21.7. The first-order valence-electron chi connectivity index (χ1n) is 13.8. The molecule has 5 heteroatoms. The quantitative estimate of drug-likeness (QED) is 0.369. The fourth-order valence-electron chi connectivity index (χ4n) is 6.58. The van der Waals surface area contributed by atoms with Gasteiger partial charge in [-0.2, -0.15) is 0 Å². The molecule has 2 aliphatic heterocycles. The van der Waals surface area contributed by atoms with E-state index >= 15 is 0 Å². The maximum Gasteiger partial charge on any atom is 0.250 e. The molecule has 2 amide bonds. The smallest absolute Gasteiger partial charge is 0.250 e. The number of rotatable bonds is 3. The molecule has 0 saturated heterocycles. The Hall–Kier alpha value is -3.47. The fraction of sp³-hybridized carbons (Fsp3) is 0.406. The summed E-state index contributed by atoms with van der Waals surface area (Å²) in [5.41, 5.74) is 7.18. The molecule has 0 unspecified atom stereocenters. The highest BCUT2D eigenvalue weighted by atomic mass is 16.2. The lowest BCUT2D eigenvalue weighted by molar-refractivity contribution is -0.118. The second-order valence-electron chi connectivity index (χ2n) is 11.1. The molecule has 1 aromatic heterocycles. The summed E-state index contributed by atoms with van der Waals surface area (Å²) in [6.45, 7) is 6.69. The van der Waals surface area contributed by atoms with Gasteiger partial charge in [-0.05, 0) is 84.6 Å². The molecule has 5 nitrogen and oxygen atoms in total. The average Bonchev–Trinajstić information content (AvgIpc) is 3.33. The van der Waals surface area contributed by atoms with Gasteiger partial charge in [0.2, 0.25) is 11.8 Å². The maximum absolute atomic E-state index is 13.5. The molecule has 1 fully saturated rings. The van der Waals surface area contributed by atoms with Crippen molar-refractivity contribution >= 4 is 39.8 Å². The third kappa shape index (κ3) is 4.35. The first-order chi connectivity index (χ1) is 18.0. The molecular weight excluding hydrogens is 458 g/mol. The number of nitrogens with zero attached hydrogens (tertiary/aromatic N) is 3. The molecule has 0 bridgehead atoms. The largest absolute Gasteiger partial charge is 0.308 e. The Bertz CT molecular complexity index is 1380. The summed E-state index contributed by atoms with van der Waals surface area (Å²) in [5.74, 6) is 1.37. The lowest BCUT2D eigenvalue weighted by Gasteiger charge is -2.31. The van der Waals surface area contributed by atoms with Crippen molar-refractivity contribution < 1.29 is 9.59 Å². The molecule has 3 aromatic rings. The predicted molar refractivity (Wildman–Crippen MR) is 150 cm³/mol. The van der Waals surface area contributed by atoms with Gasteiger partial charge in [0.15, 0.2) is 0 Å². The number of hydrogen-bond acceptors (Lipinski definition) is 3. The number of aryl methyl sites for hydroxylation is 1. The van der Waals surface area contributed by atoms with Crippen LogP contribution in [-0.2, 0) is 22.4 Å². The number of pyridine rings is 1. The number of anilines is 3. The van der Waals surface area contributed by atoms with Crippen molar-refractivity contribution in [1.29, 1.82) is 0 Å². The maximum atomic E-state index is 13.5. The molecular formula is C32H35N3O2. The van der Waals surface area contributed by atoms with Gasteiger partial charge in [-0.3, -0.25) is 19.5 Å². The van der Waals surface area contributed by atoms with Gasteiger partial charge in [-0.15, -0.1) is 0 Å². The topological polar surface area (TPSA) is 53.5 Å². The van der Waals surface area contributed by atoms with E-state index in [1.165, 1.54) is 50.2 Å². The van der Waals surface area contributed by atoms with Crippen LogP contribution < -0.4 is 9.80 Å². The Morgan fingerprint density at radius 1 is 1.00 bits per heavy atom. The van der Waals surface area contributed by atoms with E-state index < -0.39 is 0 Å². The van der Waals surface area contributed by atoms with E-state index in [2.05, 4.69) is 37.8 Å². The van der Waals surface area contributed by atoms with Gasteiger partial charge in [0.05, 0.1) is 16.9 Å². The summed E-state index contributed by atoms with van der Waals surface area (Å²) in [4.78, 5) is 34.4. The third-order valence-electron chi connectivity index (χ3n) is 8.65. The summed E-state index contributed by atoms with van der Waals surface area (Å²) >= 11 is 0. The molecule has 2 aromatic carbocycles. The lowest BCUT2D eigenvalue weighted by atomic mass is 9.82. The van der Waals surface area contributed by atoms with Crippen molar-refractivity contribution in [3.05, 3.63) is 71.9 Å². The van der Waals surface area contributed by atoms with E-state index in [0.717, 1.165) is 51.4 Å². The molecule has 0 atom stereocenters. The van der Waals surface area contributed by atoms with Crippen LogP contribution in [0.1, 0.15) is 74.5 Å². The summed E-state index contributed by atoms with van der Waals surface area (Å²) in [6, 6.07) is 12.8. The molecule has 1 aliphatic carbocycles. The van der Waals surface area contributed by atoms with Gasteiger partial charge < -0.3 is 4.90 Å². The minimum absolute atomic E-state index is 0.0879. The Kier molecular flexibility index (Phi) is 6.31. The zero-order chi connectivity index (χ0) is 25.5. The number of benzene rings is 2. The molecule has 0 spiro atoms. The van der Waals surface area contributed by atoms with Crippen molar-refractivity contribution in [2.75, 3.05) is 16.3 Å². The highest BCUT2D eigenvalue weighted by Crippen LogP contribution is 2.43. The first-order valence-corrected chi connectivity index (χ1v) is 13.8. The number of aromatic nitrogens is 1. The van der Waals surface area contributed by atoms with Crippen LogP contribution in [0.3, 0.4) is 0 Å². The number of fused-ring (bicyclic) bond motifs is 4. The van der Waals surface area contributed by atoms with Crippen molar-refractivity contribution in [1.82, 2.24) is 4.98 Å². The van der Waals surface area contributed by atoms with Crippen LogP contribution >= 0.6 is 0 Å². The lowest BCUT2D eigenvalue weighted by Crippen LogP contribution is -2.31. The van der Waals surface area contributed by atoms with Gasteiger partial charge in [0, 0.05) is 30.2 Å². The number of hydrogen-bond donors (Lipinski definition) is 0. The fourth-order valence-corrected chi connectivity index (χ4v) is 6.58. The van der Waals surface area contributed by atoms with Gasteiger partial charge in [0.1, 0.15) is 0 Å². The van der Waals surface area contributed by atoms with Gasteiger partial charge >= 0.3 is 0 Å². The molecule has 0 radical (unpaired) electrons. The first kappa shape index (κ1) is 23.9. The van der Waals surface area contributed by atoms with E-state index in [4.69, 9.17) is 4.98 Å². The van der Waals surface area contributed by atoms with Crippen LogP contribution in [-0.4, -0.2) is 23.3 Å². The SMILES string of the molecule is C=CC(=O)N1CCc2ccc(N3C(=O)CCc4cnc5ccc(C6CCCC(C)CCC6)cc5c43)cc21. The van der Waals surface area contributed by atoms with Crippen LogP contribution in [0.15, 0.2) is 55.3 Å². The van der Waals surface area contributed by atoms with E-state index in [1.807, 2.05) is 23.2 Å². The van der Waals surface area contributed by atoms with Crippen molar-refractivity contribution in [3.8, 4) is 0 Å². The number of amides is 2. The van der Waals surface area contributed by atoms with E-state index in [0.29, 0.717) is 25.3 Å². The van der Waals surface area contributed by atoms with Crippen LogP contribution in [0.5, 0.6) is 0 Å². The molecule has 37 heavy (non-hydrogen) atoms. The second-order valence-corrected chi connectivity index (χ2v) is 11.1. The summed E-state index contributed by atoms with van der Waals surface area (Å²) in [6.07, 6.45) is 12.9. The summed E-state index contributed by atoms with van der Waals surface area (Å²) < 4.78 is 0. The monoisotopic (exact) mass is 493 g/mol. The van der Waals surface area contributed by atoms with Crippen molar-refractivity contribution in [3.63, 3.8) is 0 Å². The van der Waals surface area contributed by atoms with Gasteiger partial charge in [-0.25, -0.2) is 0 Å². The van der Waals surface area contributed by atoms with Gasteiger partial charge in [-0.1, -0.05) is 51.3 Å². The van der Waals surface area contributed by atoms with E-state index in [-0.39, 0.29) is 11.8 Å². The minimum atomic E-state index is -0.103. The third-order valence-corrected chi connectivity index (χ3v) is 8.65. The second kappa shape index (κ2) is 9.77. The average molecular weight is 494 g/mol. The highest BCUT2D eigenvalue weighted by molar-refractivity contribution is 6.11. The Morgan fingerprint density at radius 3 is 2.59 bits per heavy atom.